The molecule has 2 heterocycles. The van der Waals surface area contributed by atoms with E-state index in [1.165, 1.54) is 24.9 Å². The molecule has 0 saturated carbocycles. The molecule has 1 aromatic rings. The van der Waals surface area contributed by atoms with Crippen LogP contribution >= 0.6 is 0 Å². The minimum atomic E-state index is 0.334. The Morgan fingerprint density at radius 1 is 1.50 bits per heavy atom. The van der Waals surface area contributed by atoms with E-state index in [4.69, 9.17) is 0 Å². The van der Waals surface area contributed by atoms with Crippen LogP contribution in [0, 0.1) is 0 Å². The lowest BCUT2D eigenvalue weighted by molar-refractivity contribution is 0.166. The molecule has 0 spiro atoms. The van der Waals surface area contributed by atoms with Gasteiger partial charge in [-0.3, -0.25) is 4.90 Å². The second-order valence-corrected chi connectivity index (χ2v) is 5.10. The first-order chi connectivity index (χ1) is 7.63. The van der Waals surface area contributed by atoms with Gasteiger partial charge in [0.05, 0.1) is 0 Å². The first-order valence-electron chi connectivity index (χ1n) is 6.00. The van der Waals surface area contributed by atoms with E-state index >= 15 is 0 Å². The van der Waals surface area contributed by atoms with Crippen LogP contribution in [0.5, 0.6) is 0 Å². The van der Waals surface area contributed by atoms with Crippen molar-refractivity contribution in [3.05, 3.63) is 23.9 Å². The zero-order valence-corrected chi connectivity index (χ0v) is 10.5. The molecule has 0 bridgehead atoms. The molecule has 3 heteroatoms. The molecule has 0 aliphatic carbocycles. The maximum Gasteiger partial charge on any atom is 0.130 e. The van der Waals surface area contributed by atoms with Gasteiger partial charge in [-0.15, -0.1) is 0 Å². The molecule has 1 aliphatic rings. The molecule has 88 valence electrons. The molecule has 2 rings (SSSR count). The van der Waals surface area contributed by atoms with Crippen molar-refractivity contribution in [2.24, 2.45) is 0 Å². The average molecular weight is 219 g/mol. The average Bonchev–Trinajstić information content (AvgIpc) is 2.59. The van der Waals surface area contributed by atoms with Gasteiger partial charge in [-0.05, 0) is 39.3 Å². The number of hydrogen-bond donors (Lipinski definition) is 1. The SMILES string of the molecule is CNc1ncccc1CN1CCCC1(C)C. The molecule has 3 nitrogen and oxygen atoms in total. The van der Waals surface area contributed by atoms with Crippen molar-refractivity contribution in [3.63, 3.8) is 0 Å². The molecule has 0 aromatic carbocycles. The molecule has 1 N–H and O–H groups in total. The number of rotatable bonds is 3. The fourth-order valence-corrected chi connectivity index (χ4v) is 2.45. The normalized spacial score (nSPS) is 19.9. The molecule has 1 fully saturated rings. The van der Waals surface area contributed by atoms with E-state index in [1.807, 2.05) is 19.3 Å². The van der Waals surface area contributed by atoms with E-state index in [-0.39, 0.29) is 0 Å². The van der Waals surface area contributed by atoms with E-state index in [0.717, 1.165) is 12.4 Å². The minimum Gasteiger partial charge on any atom is -0.373 e. The zero-order chi connectivity index (χ0) is 11.6. The number of hydrogen-bond acceptors (Lipinski definition) is 3. The lowest BCUT2D eigenvalue weighted by Crippen LogP contribution is -2.37. The summed E-state index contributed by atoms with van der Waals surface area (Å²) >= 11 is 0. The van der Waals surface area contributed by atoms with E-state index in [9.17, 15) is 0 Å². The fraction of sp³-hybridized carbons (Fsp3) is 0.615. The predicted molar refractivity (Wildman–Crippen MR) is 67.5 cm³/mol. The van der Waals surface area contributed by atoms with Crippen LogP contribution in [-0.4, -0.2) is 29.0 Å². The summed E-state index contributed by atoms with van der Waals surface area (Å²) in [6, 6.07) is 4.17. The van der Waals surface area contributed by atoms with Gasteiger partial charge in [-0.2, -0.15) is 0 Å². The zero-order valence-electron chi connectivity index (χ0n) is 10.5. The third-order valence-corrected chi connectivity index (χ3v) is 3.56. The molecule has 1 aromatic heterocycles. The summed E-state index contributed by atoms with van der Waals surface area (Å²) in [7, 11) is 1.93. The Labute approximate surface area is 97.9 Å². The molecular weight excluding hydrogens is 198 g/mol. The van der Waals surface area contributed by atoms with Crippen LogP contribution in [0.2, 0.25) is 0 Å². The molecule has 0 atom stereocenters. The smallest absolute Gasteiger partial charge is 0.130 e. The second kappa shape index (κ2) is 4.42. The molecular formula is C13H21N3. The summed E-state index contributed by atoms with van der Waals surface area (Å²) in [4.78, 5) is 6.90. The van der Waals surface area contributed by atoms with E-state index < -0.39 is 0 Å². The summed E-state index contributed by atoms with van der Waals surface area (Å²) < 4.78 is 0. The Morgan fingerprint density at radius 2 is 2.31 bits per heavy atom. The van der Waals surface area contributed by atoms with Gasteiger partial charge in [-0.1, -0.05) is 6.07 Å². The fourth-order valence-electron chi connectivity index (χ4n) is 2.45. The van der Waals surface area contributed by atoms with Gasteiger partial charge in [0.2, 0.25) is 0 Å². The van der Waals surface area contributed by atoms with E-state index in [1.54, 1.807) is 0 Å². The molecule has 1 aliphatic heterocycles. The molecule has 16 heavy (non-hydrogen) atoms. The van der Waals surface area contributed by atoms with E-state index in [0.29, 0.717) is 5.54 Å². The highest BCUT2D eigenvalue weighted by atomic mass is 15.2. The standard InChI is InChI=1S/C13H21N3/c1-13(2)7-5-9-16(13)10-11-6-4-8-15-12(11)14-3/h4,6,8H,5,7,9-10H2,1-3H3,(H,14,15). The lowest BCUT2D eigenvalue weighted by atomic mass is 10.0. The molecule has 1 saturated heterocycles. The van der Waals surface area contributed by atoms with Crippen LogP contribution in [0.1, 0.15) is 32.3 Å². The van der Waals surface area contributed by atoms with Crippen molar-refractivity contribution >= 4 is 5.82 Å². The van der Waals surface area contributed by atoms with Gasteiger partial charge in [-0.25, -0.2) is 4.98 Å². The summed E-state index contributed by atoms with van der Waals surface area (Å²) in [5.41, 5.74) is 1.63. The highest BCUT2D eigenvalue weighted by Gasteiger charge is 2.31. The van der Waals surface area contributed by atoms with Crippen molar-refractivity contribution in [2.75, 3.05) is 18.9 Å². The molecule has 0 radical (unpaired) electrons. The van der Waals surface area contributed by atoms with Crippen molar-refractivity contribution < 1.29 is 0 Å². The summed E-state index contributed by atoms with van der Waals surface area (Å²) in [5, 5.41) is 3.16. The Balaban J connectivity index is 2.14. The number of aromatic nitrogens is 1. The van der Waals surface area contributed by atoms with Crippen LogP contribution in [-0.2, 0) is 6.54 Å². The van der Waals surface area contributed by atoms with Gasteiger partial charge >= 0.3 is 0 Å². The monoisotopic (exact) mass is 219 g/mol. The number of anilines is 1. The topological polar surface area (TPSA) is 28.2 Å². The largest absolute Gasteiger partial charge is 0.373 e. The molecule has 0 unspecified atom stereocenters. The summed E-state index contributed by atoms with van der Waals surface area (Å²) in [5.74, 6) is 1.00. The van der Waals surface area contributed by atoms with E-state index in [2.05, 4.69) is 35.1 Å². The number of pyridine rings is 1. The van der Waals surface area contributed by atoms with Crippen LogP contribution in [0.3, 0.4) is 0 Å². The van der Waals surface area contributed by atoms with Gasteiger partial charge in [0.1, 0.15) is 5.82 Å². The summed E-state index contributed by atoms with van der Waals surface area (Å²) in [6.07, 6.45) is 4.44. The van der Waals surface area contributed by atoms with Crippen molar-refractivity contribution in [3.8, 4) is 0 Å². The quantitative estimate of drug-likeness (QED) is 0.846. The van der Waals surface area contributed by atoms with Crippen LogP contribution in [0.25, 0.3) is 0 Å². The van der Waals surface area contributed by atoms with Gasteiger partial charge in [0.15, 0.2) is 0 Å². The number of likely N-dealkylation sites (tertiary alicyclic amines) is 1. The Kier molecular flexibility index (Phi) is 3.15. The van der Waals surface area contributed by atoms with Gasteiger partial charge < -0.3 is 5.32 Å². The number of nitrogens with zero attached hydrogens (tertiary/aromatic N) is 2. The minimum absolute atomic E-state index is 0.334. The lowest BCUT2D eigenvalue weighted by Gasteiger charge is -2.31. The van der Waals surface area contributed by atoms with Crippen LogP contribution in [0.4, 0.5) is 5.82 Å². The first kappa shape index (κ1) is 11.4. The van der Waals surface area contributed by atoms with Gasteiger partial charge in [0, 0.05) is 30.9 Å². The second-order valence-electron chi connectivity index (χ2n) is 5.10. The first-order valence-corrected chi connectivity index (χ1v) is 6.00. The maximum absolute atomic E-state index is 4.35. The Bertz CT molecular complexity index is 360. The van der Waals surface area contributed by atoms with Crippen molar-refractivity contribution in [1.29, 1.82) is 0 Å². The van der Waals surface area contributed by atoms with Crippen molar-refractivity contribution in [2.45, 2.75) is 38.8 Å². The van der Waals surface area contributed by atoms with Crippen LogP contribution < -0.4 is 5.32 Å². The summed E-state index contributed by atoms with van der Waals surface area (Å²) in [6.45, 7) is 6.85. The highest BCUT2D eigenvalue weighted by Crippen LogP contribution is 2.30. The Hall–Kier alpha value is -1.09. The maximum atomic E-state index is 4.35. The van der Waals surface area contributed by atoms with Crippen LogP contribution in [0.15, 0.2) is 18.3 Å². The number of nitrogens with one attached hydrogen (secondary N) is 1. The van der Waals surface area contributed by atoms with Crippen molar-refractivity contribution in [1.82, 2.24) is 9.88 Å². The Morgan fingerprint density at radius 3 is 2.94 bits per heavy atom. The van der Waals surface area contributed by atoms with Gasteiger partial charge in [0.25, 0.3) is 0 Å². The predicted octanol–water partition coefficient (Wildman–Crippen LogP) is 2.50. The molecule has 0 amide bonds. The highest BCUT2D eigenvalue weighted by molar-refractivity contribution is 5.42. The third-order valence-electron chi connectivity index (χ3n) is 3.56. The third kappa shape index (κ3) is 2.19.